The van der Waals surface area contributed by atoms with Gasteiger partial charge >= 0.3 is 0 Å². The summed E-state index contributed by atoms with van der Waals surface area (Å²) < 4.78 is 11.5. The molecule has 0 spiro atoms. The van der Waals surface area contributed by atoms with Gasteiger partial charge in [-0.15, -0.1) is 0 Å². The zero-order valence-electron chi connectivity index (χ0n) is 10.7. The molecule has 0 aliphatic rings. The average molecular weight is 356 g/mol. The van der Waals surface area contributed by atoms with Gasteiger partial charge in [0, 0.05) is 10.0 Å². The summed E-state index contributed by atoms with van der Waals surface area (Å²) in [5.74, 6) is 1.26. The summed E-state index contributed by atoms with van der Waals surface area (Å²) in [6.07, 6.45) is -0.861. The summed E-state index contributed by atoms with van der Waals surface area (Å²) in [7, 11) is 1.59. The van der Waals surface area contributed by atoms with Crippen LogP contribution in [0.15, 0.2) is 53.0 Å². The quantitative estimate of drug-likeness (QED) is 0.748. The second-order valence-electron chi connectivity index (χ2n) is 4.00. The van der Waals surface area contributed by atoms with Crippen LogP contribution >= 0.6 is 27.5 Å². The molecule has 20 heavy (non-hydrogen) atoms. The van der Waals surface area contributed by atoms with E-state index in [9.17, 15) is 4.79 Å². The van der Waals surface area contributed by atoms with Gasteiger partial charge in [-0.2, -0.15) is 0 Å². The summed E-state index contributed by atoms with van der Waals surface area (Å²) in [6.45, 7) is 0. The molecule has 5 heteroatoms. The largest absolute Gasteiger partial charge is 0.497 e. The molecule has 0 saturated carbocycles. The number of halogens is 2. The van der Waals surface area contributed by atoms with E-state index in [0.29, 0.717) is 17.1 Å². The lowest BCUT2D eigenvalue weighted by molar-refractivity contribution is -0.118. The van der Waals surface area contributed by atoms with E-state index in [0.717, 1.165) is 4.47 Å². The van der Waals surface area contributed by atoms with Gasteiger partial charge in [-0.3, -0.25) is 4.79 Å². The number of hydrogen-bond acceptors (Lipinski definition) is 3. The molecule has 0 heterocycles. The summed E-state index contributed by atoms with van der Waals surface area (Å²) in [6, 6.07) is 14.3. The molecule has 0 radical (unpaired) electrons. The molecular weight excluding hydrogens is 344 g/mol. The zero-order chi connectivity index (χ0) is 14.5. The van der Waals surface area contributed by atoms with Gasteiger partial charge in [-0.05, 0) is 41.9 Å². The molecule has 3 nitrogen and oxygen atoms in total. The second-order valence-corrected chi connectivity index (χ2v) is 5.23. The Bertz CT molecular complexity index is 598. The molecule has 2 aromatic carbocycles. The minimum absolute atomic E-state index is 0.542. The number of hydrogen-bond donors (Lipinski definition) is 0. The van der Waals surface area contributed by atoms with Gasteiger partial charge in [0.05, 0.1) is 7.11 Å². The average Bonchev–Trinajstić information content (AvgIpc) is 2.46. The molecule has 0 saturated heterocycles. The first kappa shape index (κ1) is 14.9. The first-order valence-electron chi connectivity index (χ1n) is 5.86. The predicted octanol–water partition coefficient (Wildman–Crippen LogP) is 4.34. The Morgan fingerprint density at radius 2 is 1.70 bits per heavy atom. The summed E-state index contributed by atoms with van der Waals surface area (Å²) in [5, 5.41) is -0.576. The van der Waals surface area contributed by atoms with E-state index < -0.39 is 11.3 Å². The van der Waals surface area contributed by atoms with Crippen LogP contribution in [0.1, 0.15) is 11.7 Å². The van der Waals surface area contributed by atoms with Crippen LogP contribution in [-0.4, -0.2) is 12.4 Å². The molecular formula is C15H12BrClO3. The first-order chi connectivity index (χ1) is 9.61. The number of carbonyl (C=O) groups excluding carboxylic acids is 1. The van der Waals surface area contributed by atoms with Gasteiger partial charge in [0.25, 0.3) is 5.24 Å². The van der Waals surface area contributed by atoms with Crippen LogP contribution in [-0.2, 0) is 4.79 Å². The van der Waals surface area contributed by atoms with E-state index in [1.807, 2.05) is 18.2 Å². The molecule has 0 aromatic heterocycles. The third-order valence-electron chi connectivity index (χ3n) is 2.71. The Labute approximate surface area is 130 Å². The van der Waals surface area contributed by atoms with Crippen molar-refractivity contribution in [2.45, 2.75) is 6.10 Å². The Morgan fingerprint density at radius 3 is 2.25 bits per heavy atom. The minimum Gasteiger partial charge on any atom is -0.497 e. The number of carbonyl (C=O) groups is 1. The van der Waals surface area contributed by atoms with Gasteiger partial charge in [0.15, 0.2) is 6.10 Å². The Morgan fingerprint density at radius 1 is 1.10 bits per heavy atom. The van der Waals surface area contributed by atoms with Crippen molar-refractivity contribution in [3.63, 3.8) is 0 Å². The third-order valence-corrected chi connectivity index (χ3v) is 3.63. The van der Waals surface area contributed by atoms with Crippen molar-refractivity contribution in [2.75, 3.05) is 7.11 Å². The highest BCUT2D eigenvalue weighted by Crippen LogP contribution is 2.30. The van der Waals surface area contributed by atoms with E-state index in [1.165, 1.54) is 0 Å². The molecule has 0 aliphatic heterocycles. The highest BCUT2D eigenvalue weighted by atomic mass is 79.9. The van der Waals surface area contributed by atoms with E-state index in [1.54, 1.807) is 37.4 Å². The number of rotatable bonds is 5. The normalized spacial score (nSPS) is 11.8. The van der Waals surface area contributed by atoms with Gasteiger partial charge in [0.1, 0.15) is 11.5 Å². The lowest BCUT2D eigenvalue weighted by atomic mass is 10.1. The second kappa shape index (κ2) is 6.77. The fourth-order valence-electron chi connectivity index (χ4n) is 1.71. The van der Waals surface area contributed by atoms with Crippen LogP contribution in [0.4, 0.5) is 0 Å². The maximum Gasteiger partial charge on any atom is 0.267 e. The molecule has 2 rings (SSSR count). The Hall–Kier alpha value is -1.52. The van der Waals surface area contributed by atoms with Crippen LogP contribution in [0.25, 0.3) is 0 Å². The van der Waals surface area contributed by atoms with E-state index in [2.05, 4.69) is 15.9 Å². The van der Waals surface area contributed by atoms with Gasteiger partial charge in [0.2, 0.25) is 0 Å². The van der Waals surface area contributed by atoms with E-state index >= 15 is 0 Å². The SMILES string of the molecule is COc1ccc(OC(C(=O)Cl)c2ccccc2Br)cc1. The maximum absolute atomic E-state index is 11.6. The highest BCUT2D eigenvalue weighted by Gasteiger charge is 2.22. The van der Waals surface area contributed by atoms with Crippen molar-refractivity contribution in [3.8, 4) is 11.5 Å². The smallest absolute Gasteiger partial charge is 0.267 e. The third kappa shape index (κ3) is 3.52. The number of methoxy groups -OCH3 is 1. The standard InChI is InChI=1S/C15H12BrClO3/c1-19-10-6-8-11(9-7-10)20-14(15(17)18)12-4-2-3-5-13(12)16/h2-9,14H,1H3. The van der Waals surface area contributed by atoms with Crippen LogP contribution < -0.4 is 9.47 Å². The molecule has 0 bridgehead atoms. The Kier molecular flexibility index (Phi) is 5.04. The van der Waals surface area contributed by atoms with Crippen molar-refractivity contribution in [2.24, 2.45) is 0 Å². The monoisotopic (exact) mass is 354 g/mol. The number of benzene rings is 2. The summed E-state index contributed by atoms with van der Waals surface area (Å²) in [5.41, 5.74) is 0.684. The van der Waals surface area contributed by atoms with E-state index in [4.69, 9.17) is 21.1 Å². The van der Waals surface area contributed by atoms with E-state index in [-0.39, 0.29) is 0 Å². The summed E-state index contributed by atoms with van der Waals surface area (Å²) in [4.78, 5) is 11.6. The van der Waals surface area contributed by atoms with Crippen LogP contribution in [0, 0.1) is 0 Å². The van der Waals surface area contributed by atoms with Crippen LogP contribution in [0.2, 0.25) is 0 Å². The van der Waals surface area contributed by atoms with Crippen molar-refractivity contribution in [3.05, 3.63) is 58.6 Å². The highest BCUT2D eigenvalue weighted by molar-refractivity contribution is 9.10. The van der Waals surface area contributed by atoms with Gasteiger partial charge in [-0.1, -0.05) is 34.1 Å². The van der Waals surface area contributed by atoms with Crippen molar-refractivity contribution >= 4 is 32.8 Å². The first-order valence-corrected chi connectivity index (χ1v) is 7.03. The molecule has 0 N–H and O–H groups in total. The zero-order valence-corrected chi connectivity index (χ0v) is 13.0. The lowest BCUT2D eigenvalue weighted by Crippen LogP contribution is -2.14. The maximum atomic E-state index is 11.6. The minimum atomic E-state index is -0.861. The Balaban J connectivity index is 2.26. The fourth-order valence-corrected chi connectivity index (χ4v) is 2.36. The van der Waals surface area contributed by atoms with Crippen LogP contribution in [0.3, 0.4) is 0 Å². The molecule has 2 aromatic rings. The predicted molar refractivity (Wildman–Crippen MR) is 81.4 cm³/mol. The molecule has 0 amide bonds. The molecule has 0 fully saturated rings. The van der Waals surface area contributed by atoms with Crippen molar-refractivity contribution in [1.82, 2.24) is 0 Å². The number of ether oxygens (including phenoxy) is 2. The molecule has 104 valence electrons. The fraction of sp³-hybridized carbons (Fsp3) is 0.133. The molecule has 1 unspecified atom stereocenters. The van der Waals surface area contributed by atoms with Gasteiger partial charge < -0.3 is 9.47 Å². The summed E-state index contributed by atoms with van der Waals surface area (Å²) >= 11 is 9.04. The van der Waals surface area contributed by atoms with Crippen molar-refractivity contribution in [1.29, 1.82) is 0 Å². The molecule has 1 atom stereocenters. The topological polar surface area (TPSA) is 35.5 Å². The lowest BCUT2D eigenvalue weighted by Gasteiger charge is -2.17. The van der Waals surface area contributed by atoms with Crippen LogP contribution in [0.5, 0.6) is 11.5 Å². The van der Waals surface area contributed by atoms with Gasteiger partial charge in [-0.25, -0.2) is 0 Å². The molecule has 0 aliphatic carbocycles. The van der Waals surface area contributed by atoms with Crippen molar-refractivity contribution < 1.29 is 14.3 Å².